The fourth-order valence-corrected chi connectivity index (χ4v) is 0. The van der Waals surface area contributed by atoms with E-state index >= 15 is 0 Å². The molecule has 3 heteroatoms. The van der Waals surface area contributed by atoms with E-state index in [9.17, 15) is 0 Å². The fourth-order valence-electron chi connectivity index (χ4n) is 0. The molecule has 0 aliphatic carbocycles. The number of hydrogen-bond acceptors (Lipinski definition) is 3. The van der Waals surface area contributed by atoms with Crippen LogP contribution >= 0.6 is 0 Å². The summed E-state index contributed by atoms with van der Waals surface area (Å²) in [6.07, 6.45) is 0.431. The normalized spacial score (nSPS) is 5.00. The van der Waals surface area contributed by atoms with E-state index in [1.165, 1.54) is 0 Å². The van der Waals surface area contributed by atoms with E-state index in [1.807, 2.05) is 0 Å². The van der Waals surface area contributed by atoms with Crippen LogP contribution in [0.2, 0.25) is 0 Å². The van der Waals surface area contributed by atoms with E-state index in [0.717, 1.165) is 0 Å². The molecule has 0 aliphatic heterocycles. The Bertz CT molecular complexity index is 21.6. The molecule has 0 rings (SSSR count). The number of aliphatic hydroxyl groups excluding tert-OH is 1. The molecular weight excluding hydrogens is 70.0 g/mol. The maximum atomic E-state index is 8.92. The highest BCUT2D eigenvalue weighted by Crippen LogP contribution is 1.27. The molecule has 0 aliphatic rings. The molecule has 0 aromatic rings. The lowest BCUT2D eigenvalue weighted by Gasteiger charge is -1.54. The second-order valence-electron chi connectivity index (χ2n) is 0.349. The lowest BCUT2D eigenvalue weighted by molar-refractivity contribution is -0.110. The van der Waals surface area contributed by atoms with Gasteiger partial charge in [0.1, 0.15) is 6.29 Å². The van der Waals surface area contributed by atoms with Gasteiger partial charge in [0.2, 0.25) is 0 Å². The molecule has 0 amide bonds. The molecule has 0 spiro atoms. The quantitative estimate of drug-likeness (QED) is 0.408. The van der Waals surface area contributed by atoms with E-state index in [0.29, 0.717) is 6.29 Å². The van der Waals surface area contributed by atoms with Gasteiger partial charge in [-0.05, 0) is 0 Å². The second kappa shape index (κ2) is 9.53. The average Bonchev–Trinajstić information content (AvgIpc) is 1.37. The van der Waals surface area contributed by atoms with E-state index in [2.05, 4.69) is 0 Å². The third-order valence-electron chi connectivity index (χ3n) is 0.0745. The fraction of sp³-hybridized carbons (Fsp3) is 0.500. The smallest absolute Gasteiger partial charge is 0.145 e. The van der Waals surface area contributed by atoms with Crippen molar-refractivity contribution in [3.8, 4) is 0 Å². The van der Waals surface area contributed by atoms with Gasteiger partial charge in [0.05, 0.1) is 6.61 Å². The summed E-state index contributed by atoms with van der Waals surface area (Å²) >= 11 is 0. The average molecular weight is 77.1 g/mol. The molecule has 0 heterocycles. The maximum absolute atomic E-state index is 8.92. The summed E-state index contributed by atoms with van der Waals surface area (Å²) in [5, 5.41) is 7.51. The van der Waals surface area contributed by atoms with Gasteiger partial charge in [0.25, 0.3) is 0 Å². The van der Waals surface area contributed by atoms with Crippen molar-refractivity contribution < 1.29 is 9.90 Å². The zero-order chi connectivity index (χ0) is 3.41. The highest BCUT2D eigenvalue weighted by Gasteiger charge is 1.53. The Morgan fingerprint density at radius 2 is 2.00 bits per heavy atom. The Hall–Kier alpha value is -0.410. The molecular formula is C2H7NO2. The monoisotopic (exact) mass is 77.0 g/mol. The number of carbonyl (C=O) groups is 1. The number of aldehydes is 1. The lowest BCUT2D eigenvalue weighted by Crippen LogP contribution is -1.75. The molecule has 0 saturated carbocycles. The molecule has 0 atom stereocenters. The molecule has 0 aromatic carbocycles. The summed E-state index contributed by atoms with van der Waals surface area (Å²) in [5.74, 6) is 0. The topological polar surface area (TPSA) is 72.3 Å². The molecule has 0 aromatic heterocycles. The largest absolute Gasteiger partial charge is 0.389 e. The molecule has 0 fully saturated rings. The number of carbonyl (C=O) groups excluding carboxylic acids is 1. The number of hydrogen-bond donors (Lipinski definition) is 2. The summed E-state index contributed by atoms with van der Waals surface area (Å²) in [6.45, 7) is -0.361. The third kappa shape index (κ3) is 26.1. The van der Waals surface area contributed by atoms with Gasteiger partial charge in [-0.15, -0.1) is 0 Å². The van der Waals surface area contributed by atoms with Gasteiger partial charge in [-0.25, -0.2) is 0 Å². The maximum Gasteiger partial charge on any atom is 0.145 e. The van der Waals surface area contributed by atoms with Crippen molar-refractivity contribution >= 4 is 6.29 Å². The van der Waals surface area contributed by atoms with Gasteiger partial charge in [0, 0.05) is 0 Å². The first-order valence-corrected chi connectivity index (χ1v) is 0.960. The molecule has 0 unspecified atom stereocenters. The van der Waals surface area contributed by atoms with Gasteiger partial charge in [-0.3, -0.25) is 0 Å². The van der Waals surface area contributed by atoms with Crippen LogP contribution < -0.4 is 6.15 Å². The van der Waals surface area contributed by atoms with Gasteiger partial charge in [0.15, 0.2) is 0 Å². The molecule has 4 N–H and O–H groups in total. The summed E-state index contributed by atoms with van der Waals surface area (Å²) < 4.78 is 0. The summed E-state index contributed by atoms with van der Waals surface area (Å²) in [7, 11) is 0. The first-order valence-electron chi connectivity index (χ1n) is 0.960. The highest BCUT2D eigenvalue weighted by atomic mass is 16.3. The summed E-state index contributed by atoms with van der Waals surface area (Å²) in [4.78, 5) is 8.92. The van der Waals surface area contributed by atoms with Crippen LogP contribution in [0.1, 0.15) is 0 Å². The van der Waals surface area contributed by atoms with E-state index in [-0.39, 0.29) is 12.8 Å². The highest BCUT2D eigenvalue weighted by molar-refractivity contribution is 5.49. The zero-order valence-corrected chi connectivity index (χ0v) is 2.85. The summed E-state index contributed by atoms with van der Waals surface area (Å²) in [5.41, 5.74) is 0. The van der Waals surface area contributed by atoms with Gasteiger partial charge in [-0.2, -0.15) is 0 Å². The Kier molecular flexibility index (Phi) is 16.8. The van der Waals surface area contributed by atoms with Crippen LogP contribution in [-0.2, 0) is 4.79 Å². The standard InChI is InChI=1S/C2H4O2.H3N/c3-1-2-4;/h1,4H,2H2;1H3. The minimum Gasteiger partial charge on any atom is -0.389 e. The Morgan fingerprint density at radius 3 is 2.00 bits per heavy atom. The number of rotatable bonds is 1. The van der Waals surface area contributed by atoms with E-state index < -0.39 is 0 Å². The Morgan fingerprint density at radius 1 is 1.80 bits per heavy atom. The van der Waals surface area contributed by atoms with Crippen LogP contribution in [0, 0.1) is 0 Å². The molecule has 0 bridgehead atoms. The predicted octanol–water partition coefficient (Wildman–Crippen LogP) is -0.660. The minimum absolute atomic E-state index is 0. The Balaban J connectivity index is 0. The van der Waals surface area contributed by atoms with Crippen molar-refractivity contribution in [3.63, 3.8) is 0 Å². The SMILES string of the molecule is N.O=CCO. The molecule has 32 valence electrons. The van der Waals surface area contributed by atoms with Gasteiger partial charge in [-0.1, -0.05) is 0 Å². The Labute approximate surface area is 30.2 Å². The van der Waals surface area contributed by atoms with Crippen LogP contribution in [0.5, 0.6) is 0 Å². The van der Waals surface area contributed by atoms with Crippen molar-refractivity contribution in [3.05, 3.63) is 0 Å². The van der Waals surface area contributed by atoms with Crippen molar-refractivity contribution in [2.45, 2.75) is 0 Å². The minimum atomic E-state index is -0.361. The zero-order valence-electron chi connectivity index (χ0n) is 2.85. The van der Waals surface area contributed by atoms with Gasteiger partial charge >= 0.3 is 0 Å². The van der Waals surface area contributed by atoms with Crippen LogP contribution in [0.3, 0.4) is 0 Å². The van der Waals surface area contributed by atoms with Crippen molar-refractivity contribution in [1.29, 1.82) is 0 Å². The first-order chi connectivity index (χ1) is 1.91. The van der Waals surface area contributed by atoms with Crippen LogP contribution in [0.4, 0.5) is 0 Å². The lowest BCUT2D eigenvalue weighted by atomic mass is 10.9. The van der Waals surface area contributed by atoms with Crippen LogP contribution in [0.25, 0.3) is 0 Å². The van der Waals surface area contributed by atoms with Crippen LogP contribution in [-0.4, -0.2) is 18.0 Å². The predicted molar refractivity (Wildman–Crippen MR) is 18.2 cm³/mol. The van der Waals surface area contributed by atoms with Crippen molar-refractivity contribution in [1.82, 2.24) is 6.15 Å². The van der Waals surface area contributed by atoms with Crippen LogP contribution in [0.15, 0.2) is 0 Å². The molecule has 0 radical (unpaired) electrons. The second-order valence-corrected chi connectivity index (χ2v) is 0.349. The first kappa shape index (κ1) is 8.82. The summed E-state index contributed by atoms with van der Waals surface area (Å²) in [6, 6.07) is 0. The van der Waals surface area contributed by atoms with E-state index in [1.54, 1.807) is 0 Å². The molecule has 5 heavy (non-hydrogen) atoms. The van der Waals surface area contributed by atoms with Crippen molar-refractivity contribution in [2.75, 3.05) is 6.61 Å². The third-order valence-corrected chi connectivity index (χ3v) is 0.0745. The van der Waals surface area contributed by atoms with Gasteiger partial charge < -0.3 is 16.1 Å². The molecule has 3 nitrogen and oxygen atoms in total. The molecule has 0 saturated heterocycles. The van der Waals surface area contributed by atoms with E-state index in [4.69, 9.17) is 9.90 Å². The van der Waals surface area contributed by atoms with Crippen molar-refractivity contribution in [2.24, 2.45) is 0 Å². The number of aliphatic hydroxyl groups is 1.